The van der Waals surface area contributed by atoms with Crippen LogP contribution in [0.15, 0.2) is 60.7 Å². The third-order valence-corrected chi connectivity index (χ3v) is 9.07. The molecule has 5 nitrogen and oxygen atoms in total. The van der Waals surface area contributed by atoms with E-state index in [1.165, 1.54) is 0 Å². The molecule has 0 radical (unpaired) electrons. The molecule has 160 valence electrons. The van der Waals surface area contributed by atoms with Crippen molar-refractivity contribution in [3.05, 3.63) is 71.8 Å². The van der Waals surface area contributed by atoms with Gasteiger partial charge in [0.25, 0.3) is 0 Å². The number of fused-ring (bicyclic) bond motifs is 2. The van der Waals surface area contributed by atoms with E-state index in [1.54, 1.807) is 0 Å². The van der Waals surface area contributed by atoms with Crippen molar-refractivity contribution in [2.75, 3.05) is 5.75 Å². The topological polar surface area (TPSA) is 89.3 Å². The van der Waals surface area contributed by atoms with E-state index in [4.69, 9.17) is 5.73 Å². The Bertz CT molecular complexity index is 1020. The summed E-state index contributed by atoms with van der Waals surface area (Å²) in [5, 5.41) is 0. The van der Waals surface area contributed by atoms with E-state index in [1.807, 2.05) is 60.7 Å². The number of carbonyl (C=O) groups is 1. The smallest absolute Gasteiger partial charge is 0.213 e. The van der Waals surface area contributed by atoms with Crippen molar-refractivity contribution in [1.29, 1.82) is 0 Å². The molecule has 0 heterocycles. The van der Waals surface area contributed by atoms with Gasteiger partial charge >= 0.3 is 0 Å². The van der Waals surface area contributed by atoms with Crippen LogP contribution in [0.4, 0.5) is 0 Å². The lowest BCUT2D eigenvalue weighted by Crippen LogP contribution is -2.47. The van der Waals surface area contributed by atoms with Crippen molar-refractivity contribution in [3.8, 4) is 0 Å². The Morgan fingerprint density at radius 2 is 1.60 bits per heavy atom. The zero-order chi connectivity index (χ0) is 21.6. The molecule has 2 fully saturated rings. The number of Topliss-reactive ketones (excluding diaryl/α,β-unsaturated/α-hetero) is 1. The Morgan fingerprint density at radius 1 is 1.03 bits per heavy atom. The number of rotatable bonds is 7. The molecule has 2 aromatic carbocycles. The van der Waals surface area contributed by atoms with E-state index in [9.17, 15) is 13.2 Å². The molecule has 3 N–H and O–H groups in total. The third kappa shape index (κ3) is 3.51. The maximum absolute atomic E-state index is 13.4. The molecule has 0 aromatic heterocycles. The minimum atomic E-state index is -3.76. The van der Waals surface area contributed by atoms with Gasteiger partial charge in [0, 0.05) is 11.8 Å². The van der Waals surface area contributed by atoms with Gasteiger partial charge in [-0.05, 0) is 35.3 Å². The first kappa shape index (κ1) is 21.2. The minimum Gasteiger partial charge on any atom is -0.322 e. The maximum Gasteiger partial charge on any atom is 0.213 e. The van der Waals surface area contributed by atoms with Crippen molar-refractivity contribution in [1.82, 2.24) is 4.72 Å². The number of hydrogen-bond acceptors (Lipinski definition) is 4. The Kier molecular flexibility index (Phi) is 5.37. The van der Waals surface area contributed by atoms with Crippen LogP contribution in [0.1, 0.15) is 56.3 Å². The van der Waals surface area contributed by atoms with Crippen molar-refractivity contribution in [2.45, 2.75) is 45.2 Å². The summed E-state index contributed by atoms with van der Waals surface area (Å²) in [6.07, 6.45) is 2.05. The standard InChI is InChI=1S/C24H30N2O3S/c1-23(2)19-13-14-24(23,20(27)15-19)16-30(28,29)26-22(18-11-7-4-8-12-18)21(25)17-9-5-3-6-10-17/h3-12,19,21-22,26H,13-16,25H2,1-2H3/t19?,21-,22+,24+/m1/s1. The molecule has 2 aromatic rings. The second-order valence-electron chi connectivity index (χ2n) is 9.37. The lowest BCUT2D eigenvalue weighted by atomic mass is 9.70. The number of benzene rings is 2. The van der Waals surface area contributed by atoms with E-state index in [-0.39, 0.29) is 22.9 Å². The number of carbonyl (C=O) groups excluding carboxylic acids is 1. The largest absolute Gasteiger partial charge is 0.322 e. The highest BCUT2D eigenvalue weighted by Crippen LogP contribution is 2.64. The molecular formula is C24H30N2O3S. The molecule has 2 bridgehead atoms. The molecule has 1 unspecified atom stereocenters. The first-order chi connectivity index (χ1) is 14.2. The summed E-state index contributed by atoms with van der Waals surface area (Å²) in [6.45, 7) is 4.10. The summed E-state index contributed by atoms with van der Waals surface area (Å²) < 4.78 is 29.7. The van der Waals surface area contributed by atoms with E-state index >= 15 is 0 Å². The molecule has 0 aliphatic heterocycles. The number of nitrogens with two attached hydrogens (primary N) is 1. The quantitative estimate of drug-likeness (QED) is 0.706. The van der Waals surface area contributed by atoms with Crippen LogP contribution in [0.3, 0.4) is 0 Å². The molecule has 0 amide bonds. The summed E-state index contributed by atoms with van der Waals surface area (Å²) in [4.78, 5) is 12.8. The molecule has 2 aliphatic carbocycles. The number of nitrogens with one attached hydrogen (secondary N) is 1. The van der Waals surface area contributed by atoms with Crippen molar-refractivity contribution >= 4 is 15.8 Å². The maximum atomic E-state index is 13.4. The van der Waals surface area contributed by atoms with Crippen molar-refractivity contribution in [3.63, 3.8) is 0 Å². The summed E-state index contributed by atoms with van der Waals surface area (Å²) >= 11 is 0. The number of ketones is 1. The van der Waals surface area contributed by atoms with Crippen LogP contribution in [0.25, 0.3) is 0 Å². The molecule has 4 rings (SSSR count). The lowest BCUT2D eigenvalue weighted by Gasteiger charge is -2.37. The molecule has 0 saturated heterocycles. The average molecular weight is 427 g/mol. The van der Waals surface area contributed by atoms with Crippen molar-refractivity contribution in [2.24, 2.45) is 22.5 Å². The highest BCUT2D eigenvalue weighted by atomic mass is 32.2. The summed E-state index contributed by atoms with van der Waals surface area (Å²) in [5.41, 5.74) is 7.09. The minimum absolute atomic E-state index is 0.0951. The lowest BCUT2D eigenvalue weighted by molar-refractivity contribution is -0.128. The number of sulfonamides is 1. The first-order valence-electron chi connectivity index (χ1n) is 10.6. The van der Waals surface area contributed by atoms with Gasteiger partial charge < -0.3 is 5.73 Å². The Morgan fingerprint density at radius 3 is 2.10 bits per heavy atom. The Balaban J connectivity index is 1.65. The van der Waals surface area contributed by atoms with Gasteiger partial charge in [0.1, 0.15) is 5.78 Å². The Hall–Kier alpha value is -2.02. The average Bonchev–Trinajstić information content (AvgIpc) is 3.07. The predicted molar refractivity (Wildman–Crippen MR) is 118 cm³/mol. The second kappa shape index (κ2) is 7.59. The van der Waals surface area contributed by atoms with Crippen LogP contribution >= 0.6 is 0 Å². The molecule has 2 aliphatic rings. The second-order valence-corrected chi connectivity index (χ2v) is 11.1. The van der Waals surface area contributed by atoms with Gasteiger partial charge in [-0.1, -0.05) is 74.5 Å². The third-order valence-electron chi connectivity index (χ3n) is 7.58. The first-order valence-corrected chi connectivity index (χ1v) is 12.2. The molecule has 0 spiro atoms. The fourth-order valence-electron chi connectivity index (χ4n) is 5.54. The summed E-state index contributed by atoms with van der Waals surface area (Å²) in [5.74, 6) is 0.196. The zero-order valence-electron chi connectivity index (χ0n) is 17.5. The summed E-state index contributed by atoms with van der Waals surface area (Å²) in [6, 6.07) is 17.7. The normalized spacial score (nSPS) is 27.2. The number of hydrogen-bond donors (Lipinski definition) is 2. The van der Waals surface area contributed by atoms with Gasteiger partial charge in [-0.3, -0.25) is 4.79 Å². The van der Waals surface area contributed by atoms with Crippen molar-refractivity contribution < 1.29 is 13.2 Å². The van der Waals surface area contributed by atoms with Gasteiger partial charge in [0.2, 0.25) is 10.0 Å². The van der Waals surface area contributed by atoms with Gasteiger partial charge in [-0.15, -0.1) is 0 Å². The molecule has 30 heavy (non-hydrogen) atoms. The fourth-order valence-corrected chi connectivity index (χ4v) is 7.62. The van der Waals surface area contributed by atoms with Crippen LogP contribution in [0.2, 0.25) is 0 Å². The summed E-state index contributed by atoms with van der Waals surface area (Å²) in [7, 11) is -3.76. The van der Waals surface area contributed by atoms with E-state index < -0.39 is 27.5 Å². The SMILES string of the molecule is CC1(C)C2CC[C@]1(CS(=O)(=O)N[C@@H](c1ccccc1)[C@H](N)c1ccccc1)C(=O)C2. The van der Waals surface area contributed by atoms with Crippen LogP contribution < -0.4 is 10.5 Å². The highest BCUT2D eigenvalue weighted by Gasteiger charge is 2.65. The van der Waals surface area contributed by atoms with Crippen LogP contribution in [-0.2, 0) is 14.8 Å². The van der Waals surface area contributed by atoms with Gasteiger partial charge in [0.05, 0.1) is 17.8 Å². The Labute approximate surface area is 179 Å². The van der Waals surface area contributed by atoms with E-state index in [2.05, 4.69) is 18.6 Å². The van der Waals surface area contributed by atoms with E-state index in [0.717, 1.165) is 17.5 Å². The van der Waals surface area contributed by atoms with Gasteiger partial charge in [-0.25, -0.2) is 13.1 Å². The molecular weight excluding hydrogens is 396 g/mol. The highest BCUT2D eigenvalue weighted by molar-refractivity contribution is 7.89. The monoisotopic (exact) mass is 426 g/mol. The van der Waals surface area contributed by atoms with Gasteiger partial charge in [-0.2, -0.15) is 0 Å². The zero-order valence-corrected chi connectivity index (χ0v) is 18.4. The predicted octanol–water partition coefficient (Wildman–Crippen LogP) is 3.74. The van der Waals surface area contributed by atoms with Crippen LogP contribution in [0, 0.1) is 16.7 Å². The fraction of sp³-hybridized carbons (Fsp3) is 0.458. The van der Waals surface area contributed by atoms with E-state index in [0.29, 0.717) is 12.8 Å². The van der Waals surface area contributed by atoms with Crippen LogP contribution in [0.5, 0.6) is 0 Å². The molecule has 4 atom stereocenters. The molecule has 2 saturated carbocycles. The molecule has 6 heteroatoms. The van der Waals surface area contributed by atoms with Gasteiger partial charge in [0.15, 0.2) is 0 Å². The van der Waals surface area contributed by atoms with Crippen LogP contribution in [-0.4, -0.2) is 20.0 Å².